The number of alkyl halides is 3. The van der Waals surface area contributed by atoms with Crippen molar-refractivity contribution in [2.75, 3.05) is 26.7 Å². The quantitative estimate of drug-likeness (QED) is 0.587. The van der Waals surface area contributed by atoms with E-state index in [1.54, 1.807) is 36.1 Å². The second-order valence-corrected chi connectivity index (χ2v) is 7.40. The van der Waals surface area contributed by atoms with Crippen molar-refractivity contribution >= 4 is 16.8 Å². The largest absolute Gasteiger partial charge is 0.497 e. The van der Waals surface area contributed by atoms with E-state index in [9.17, 15) is 18.0 Å². The molecule has 0 aliphatic carbocycles. The Morgan fingerprint density at radius 2 is 1.93 bits per heavy atom. The van der Waals surface area contributed by atoms with Gasteiger partial charge >= 0.3 is 6.18 Å². The molecule has 6 nitrogen and oxygen atoms in total. The van der Waals surface area contributed by atoms with Gasteiger partial charge in [0.2, 0.25) is 0 Å². The zero-order valence-corrected chi connectivity index (χ0v) is 16.4. The van der Waals surface area contributed by atoms with Crippen molar-refractivity contribution in [2.45, 2.75) is 25.1 Å². The number of likely N-dealkylation sites (tertiary alicyclic amines) is 1. The van der Waals surface area contributed by atoms with Crippen LogP contribution in [0.5, 0.6) is 5.75 Å². The van der Waals surface area contributed by atoms with Crippen molar-refractivity contribution in [3.8, 4) is 5.75 Å². The number of hydrogen-bond donors (Lipinski definition) is 0. The maximum absolute atomic E-state index is 12.9. The number of piperidine rings is 1. The molecule has 2 aromatic carbocycles. The van der Waals surface area contributed by atoms with Gasteiger partial charge in [0.15, 0.2) is 5.78 Å². The van der Waals surface area contributed by atoms with E-state index in [2.05, 4.69) is 15.2 Å². The average Bonchev–Trinajstić information content (AvgIpc) is 3.17. The first-order chi connectivity index (χ1) is 14.3. The number of carbonyl (C=O) groups is 1. The standard InChI is InChI=1S/C21H21F3N4O2/c1-30-17-4-2-3-14(11-17)20(29)13-27-9-7-16(8-10-27)28-19-6-5-15(21(22,23)24)12-18(19)25-26-28/h2-6,11-12,16H,7-10,13H2,1H3. The van der Waals surface area contributed by atoms with E-state index in [1.807, 2.05) is 0 Å². The lowest BCUT2D eigenvalue weighted by Crippen LogP contribution is -2.38. The zero-order valence-electron chi connectivity index (χ0n) is 16.4. The molecule has 1 aromatic heterocycles. The summed E-state index contributed by atoms with van der Waals surface area (Å²) >= 11 is 0. The lowest BCUT2D eigenvalue weighted by Gasteiger charge is -2.31. The summed E-state index contributed by atoms with van der Waals surface area (Å²) in [6.07, 6.45) is -2.92. The third-order valence-electron chi connectivity index (χ3n) is 5.46. The number of ketones is 1. The summed E-state index contributed by atoms with van der Waals surface area (Å²) < 4.78 is 45.6. The number of benzene rings is 2. The van der Waals surface area contributed by atoms with E-state index in [4.69, 9.17) is 4.74 Å². The third kappa shape index (κ3) is 4.16. The summed E-state index contributed by atoms with van der Waals surface area (Å²) in [5.41, 5.74) is 0.710. The molecule has 3 aromatic rings. The van der Waals surface area contributed by atoms with Crippen molar-refractivity contribution in [3.05, 3.63) is 53.6 Å². The molecule has 1 saturated heterocycles. The fraction of sp³-hybridized carbons (Fsp3) is 0.381. The van der Waals surface area contributed by atoms with E-state index in [0.29, 0.717) is 36.5 Å². The van der Waals surface area contributed by atoms with Gasteiger partial charge in [0.25, 0.3) is 0 Å². The minimum absolute atomic E-state index is 0.0261. The Labute approximate surface area is 171 Å². The fourth-order valence-corrected chi connectivity index (χ4v) is 3.80. The van der Waals surface area contributed by atoms with Gasteiger partial charge in [0, 0.05) is 18.7 Å². The first-order valence-electron chi connectivity index (χ1n) is 9.67. The van der Waals surface area contributed by atoms with Crippen LogP contribution in [0.4, 0.5) is 13.2 Å². The van der Waals surface area contributed by atoms with E-state index < -0.39 is 11.7 Å². The van der Waals surface area contributed by atoms with E-state index in [1.165, 1.54) is 6.07 Å². The molecule has 0 saturated carbocycles. The molecule has 0 bridgehead atoms. The Kier molecular flexibility index (Phi) is 5.46. The first-order valence-corrected chi connectivity index (χ1v) is 9.67. The van der Waals surface area contributed by atoms with Crippen LogP contribution in [-0.2, 0) is 6.18 Å². The number of carbonyl (C=O) groups excluding carboxylic acids is 1. The Morgan fingerprint density at radius 3 is 2.63 bits per heavy atom. The van der Waals surface area contributed by atoms with Crippen LogP contribution >= 0.6 is 0 Å². The second kappa shape index (κ2) is 8.06. The van der Waals surface area contributed by atoms with Crippen LogP contribution in [0.15, 0.2) is 42.5 Å². The molecular weight excluding hydrogens is 397 g/mol. The van der Waals surface area contributed by atoms with Crippen LogP contribution < -0.4 is 4.74 Å². The minimum Gasteiger partial charge on any atom is -0.497 e. The number of ether oxygens (including phenoxy) is 1. The molecule has 0 unspecified atom stereocenters. The molecule has 0 spiro atoms. The number of rotatable bonds is 5. The number of hydrogen-bond acceptors (Lipinski definition) is 5. The van der Waals surface area contributed by atoms with Crippen LogP contribution in [0, 0.1) is 0 Å². The predicted octanol–water partition coefficient (Wildman–Crippen LogP) is 3.98. The first kappa shape index (κ1) is 20.3. The number of aromatic nitrogens is 3. The molecule has 9 heteroatoms. The molecule has 1 fully saturated rings. The Balaban J connectivity index is 1.40. The van der Waals surface area contributed by atoms with Crippen LogP contribution in [0.1, 0.15) is 34.8 Å². The van der Waals surface area contributed by atoms with Crippen molar-refractivity contribution in [1.29, 1.82) is 0 Å². The zero-order chi connectivity index (χ0) is 21.3. The highest BCUT2D eigenvalue weighted by Gasteiger charge is 2.31. The molecule has 0 N–H and O–H groups in total. The number of methoxy groups -OCH3 is 1. The van der Waals surface area contributed by atoms with Gasteiger partial charge in [-0.3, -0.25) is 9.69 Å². The van der Waals surface area contributed by atoms with Crippen molar-refractivity contribution in [2.24, 2.45) is 0 Å². The van der Waals surface area contributed by atoms with Crippen LogP contribution in [0.25, 0.3) is 11.0 Å². The highest BCUT2D eigenvalue weighted by Crippen LogP contribution is 2.32. The number of halogens is 3. The Bertz CT molecular complexity index is 1060. The highest BCUT2D eigenvalue weighted by atomic mass is 19.4. The van der Waals surface area contributed by atoms with Gasteiger partial charge in [-0.15, -0.1) is 5.10 Å². The van der Waals surface area contributed by atoms with Gasteiger partial charge < -0.3 is 4.74 Å². The van der Waals surface area contributed by atoms with E-state index in [0.717, 1.165) is 25.0 Å². The van der Waals surface area contributed by atoms with E-state index >= 15 is 0 Å². The topological polar surface area (TPSA) is 60.2 Å². The van der Waals surface area contributed by atoms with Crippen LogP contribution in [0.3, 0.4) is 0 Å². The molecule has 0 atom stereocenters. The predicted molar refractivity (Wildman–Crippen MR) is 105 cm³/mol. The molecule has 1 aliphatic heterocycles. The Hall–Kier alpha value is -2.94. The monoisotopic (exact) mass is 418 g/mol. The van der Waals surface area contributed by atoms with Gasteiger partial charge in [0.1, 0.15) is 11.3 Å². The van der Waals surface area contributed by atoms with Crippen LogP contribution in [-0.4, -0.2) is 52.4 Å². The smallest absolute Gasteiger partial charge is 0.416 e. The summed E-state index contributed by atoms with van der Waals surface area (Å²) in [5.74, 6) is 0.671. The number of nitrogens with zero attached hydrogens (tertiary/aromatic N) is 4. The van der Waals surface area contributed by atoms with Gasteiger partial charge in [-0.1, -0.05) is 17.3 Å². The molecule has 4 rings (SSSR count). The summed E-state index contributed by atoms with van der Waals surface area (Å²) in [6, 6.07) is 10.6. The van der Waals surface area contributed by atoms with Gasteiger partial charge in [-0.05, 0) is 43.2 Å². The molecule has 30 heavy (non-hydrogen) atoms. The van der Waals surface area contributed by atoms with Gasteiger partial charge in [-0.2, -0.15) is 13.2 Å². The van der Waals surface area contributed by atoms with Gasteiger partial charge in [-0.25, -0.2) is 4.68 Å². The molecule has 2 heterocycles. The lowest BCUT2D eigenvalue weighted by molar-refractivity contribution is -0.137. The highest BCUT2D eigenvalue weighted by molar-refractivity contribution is 5.97. The molecule has 0 radical (unpaired) electrons. The van der Waals surface area contributed by atoms with E-state index in [-0.39, 0.29) is 17.3 Å². The van der Waals surface area contributed by atoms with Crippen molar-refractivity contribution < 1.29 is 22.7 Å². The maximum Gasteiger partial charge on any atom is 0.416 e. The van der Waals surface area contributed by atoms with Crippen molar-refractivity contribution in [3.63, 3.8) is 0 Å². The average molecular weight is 418 g/mol. The van der Waals surface area contributed by atoms with Crippen molar-refractivity contribution in [1.82, 2.24) is 19.9 Å². The fourth-order valence-electron chi connectivity index (χ4n) is 3.80. The van der Waals surface area contributed by atoms with Crippen LogP contribution in [0.2, 0.25) is 0 Å². The lowest BCUT2D eigenvalue weighted by atomic mass is 10.0. The third-order valence-corrected chi connectivity index (χ3v) is 5.46. The molecule has 158 valence electrons. The second-order valence-electron chi connectivity index (χ2n) is 7.40. The summed E-state index contributed by atoms with van der Waals surface area (Å²) in [6.45, 7) is 1.71. The minimum atomic E-state index is -4.40. The number of Topliss-reactive ketones (excluding diaryl/α,β-unsaturated/α-hetero) is 1. The summed E-state index contributed by atoms with van der Waals surface area (Å²) in [7, 11) is 1.56. The molecular formula is C21H21F3N4O2. The maximum atomic E-state index is 12.9. The molecule has 0 amide bonds. The molecule has 1 aliphatic rings. The summed E-state index contributed by atoms with van der Waals surface area (Å²) in [4.78, 5) is 14.6. The van der Waals surface area contributed by atoms with Gasteiger partial charge in [0.05, 0.1) is 30.8 Å². The number of fused-ring (bicyclic) bond motifs is 1. The summed E-state index contributed by atoms with van der Waals surface area (Å²) in [5, 5.41) is 8.02. The normalized spacial score (nSPS) is 16.1. The Morgan fingerprint density at radius 1 is 1.17 bits per heavy atom. The SMILES string of the molecule is COc1cccc(C(=O)CN2CCC(n3nnc4cc(C(F)(F)F)ccc43)CC2)c1.